The minimum absolute atomic E-state index is 0.0315. The molecule has 5 rings (SSSR count). The van der Waals surface area contributed by atoms with Gasteiger partial charge in [-0.15, -0.1) is 0 Å². The number of pyridine rings is 1. The summed E-state index contributed by atoms with van der Waals surface area (Å²) in [6.07, 6.45) is 3.65. The third-order valence-corrected chi connectivity index (χ3v) is 5.30. The van der Waals surface area contributed by atoms with Gasteiger partial charge in [-0.25, -0.2) is 0 Å². The van der Waals surface area contributed by atoms with Crippen molar-refractivity contribution in [2.45, 2.75) is 6.92 Å². The first-order valence-corrected chi connectivity index (χ1v) is 9.09. The van der Waals surface area contributed by atoms with Gasteiger partial charge in [0.25, 0.3) is 0 Å². The highest BCUT2D eigenvalue weighted by Crippen LogP contribution is 2.42. The summed E-state index contributed by atoms with van der Waals surface area (Å²) in [5, 5.41) is 6.07. The zero-order chi connectivity index (χ0) is 18.5. The van der Waals surface area contributed by atoms with Crippen LogP contribution in [0.4, 0.5) is 11.4 Å². The monoisotopic (exact) mass is 370 g/mol. The molecule has 0 bridgehead atoms. The lowest BCUT2D eigenvalue weighted by molar-refractivity contribution is 0.104. The summed E-state index contributed by atoms with van der Waals surface area (Å²) in [6.45, 7) is 1.99. The molecule has 0 amide bonds. The molecule has 0 saturated carbocycles. The van der Waals surface area contributed by atoms with Gasteiger partial charge in [-0.2, -0.15) is 0 Å². The van der Waals surface area contributed by atoms with Gasteiger partial charge >= 0.3 is 0 Å². The molecular formula is C23H15ClN2O. The second-order valence-corrected chi connectivity index (χ2v) is 7.17. The number of rotatable bonds is 2. The third kappa shape index (κ3) is 2.43. The van der Waals surface area contributed by atoms with Crippen LogP contribution < -0.4 is 5.32 Å². The van der Waals surface area contributed by atoms with Crippen LogP contribution in [0.2, 0.25) is 5.02 Å². The molecule has 0 spiro atoms. The zero-order valence-corrected chi connectivity index (χ0v) is 15.3. The fraction of sp³-hybridized carbons (Fsp3) is 0.0435. The first kappa shape index (κ1) is 16.0. The SMILES string of the molecule is Cc1cc(Cl)ccc1Nc1cccc2c1C(=O)c1cccc3cncc-2c13. The Morgan fingerprint density at radius 3 is 2.56 bits per heavy atom. The number of aromatic nitrogens is 1. The van der Waals surface area contributed by atoms with E-state index in [-0.39, 0.29) is 5.78 Å². The van der Waals surface area contributed by atoms with Crippen LogP contribution in [0.3, 0.4) is 0 Å². The summed E-state index contributed by atoms with van der Waals surface area (Å²) in [7, 11) is 0. The van der Waals surface area contributed by atoms with Crippen LogP contribution >= 0.6 is 11.6 Å². The van der Waals surface area contributed by atoms with E-state index in [1.807, 2.05) is 67.7 Å². The summed E-state index contributed by atoms with van der Waals surface area (Å²) < 4.78 is 0. The molecule has 0 saturated heterocycles. The van der Waals surface area contributed by atoms with Crippen molar-refractivity contribution in [2.24, 2.45) is 0 Å². The smallest absolute Gasteiger partial charge is 0.196 e. The van der Waals surface area contributed by atoms with Crippen molar-refractivity contribution in [1.29, 1.82) is 0 Å². The van der Waals surface area contributed by atoms with Crippen molar-refractivity contribution in [1.82, 2.24) is 4.98 Å². The minimum atomic E-state index is 0.0315. The summed E-state index contributed by atoms with van der Waals surface area (Å²) >= 11 is 6.07. The molecule has 3 nitrogen and oxygen atoms in total. The number of nitrogens with one attached hydrogen (secondary N) is 1. The predicted molar refractivity (Wildman–Crippen MR) is 110 cm³/mol. The maximum Gasteiger partial charge on any atom is 0.196 e. The van der Waals surface area contributed by atoms with E-state index in [1.54, 1.807) is 6.20 Å². The highest BCUT2D eigenvalue weighted by Gasteiger charge is 2.27. The number of aryl methyl sites for hydroxylation is 1. The predicted octanol–water partition coefficient (Wildman–Crippen LogP) is 6.15. The first-order valence-electron chi connectivity index (χ1n) is 8.71. The van der Waals surface area contributed by atoms with Crippen LogP contribution in [0.5, 0.6) is 0 Å². The molecule has 1 aliphatic rings. The molecular weight excluding hydrogens is 356 g/mol. The molecule has 130 valence electrons. The molecule has 1 aliphatic carbocycles. The van der Waals surface area contributed by atoms with Crippen LogP contribution in [0.1, 0.15) is 21.5 Å². The van der Waals surface area contributed by atoms with E-state index in [0.717, 1.165) is 44.4 Å². The Balaban J connectivity index is 1.74. The zero-order valence-electron chi connectivity index (χ0n) is 14.6. The van der Waals surface area contributed by atoms with E-state index in [4.69, 9.17) is 11.6 Å². The van der Waals surface area contributed by atoms with Gasteiger partial charge in [-0.1, -0.05) is 41.9 Å². The van der Waals surface area contributed by atoms with E-state index in [2.05, 4.69) is 10.3 Å². The van der Waals surface area contributed by atoms with Crippen molar-refractivity contribution >= 4 is 39.5 Å². The summed E-state index contributed by atoms with van der Waals surface area (Å²) in [5.41, 5.74) is 6.04. The highest BCUT2D eigenvalue weighted by molar-refractivity contribution is 6.30. The molecule has 27 heavy (non-hydrogen) atoms. The Labute approximate surface area is 161 Å². The van der Waals surface area contributed by atoms with Gasteiger partial charge in [-0.3, -0.25) is 9.78 Å². The fourth-order valence-corrected chi connectivity index (χ4v) is 4.03. The van der Waals surface area contributed by atoms with E-state index in [1.165, 1.54) is 0 Å². The van der Waals surface area contributed by atoms with Gasteiger partial charge in [0.05, 0.1) is 11.3 Å². The minimum Gasteiger partial charge on any atom is -0.355 e. The van der Waals surface area contributed by atoms with Crippen molar-refractivity contribution in [3.05, 3.63) is 88.7 Å². The van der Waals surface area contributed by atoms with Gasteiger partial charge < -0.3 is 5.32 Å². The molecule has 0 atom stereocenters. The van der Waals surface area contributed by atoms with E-state index >= 15 is 0 Å². The number of benzene rings is 3. The summed E-state index contributed by atoms with van der Waals surface area (Å²) in [6, 6.07) is 17.4. The lowest BCUT2D eigenvalue weighted by atomic mass is 9.83. The standard InChI is InChI=1S/C23H15ClN2O/c1-13-10-15(24)8-9-19(13)26-20-7-3-5-16-18-12-25-11-14-4-2-6-17(21(14)18)23(27)22(16)20/h2-12,26H,1H3. The number of halogens is 1. The largest absolute Gasteiger partial charge is 0.355 e. The van der Waals surface area contributed by atoms with E-state index < -0.39 is 0 Å². The molecule has 4 aromatic rings. The van der Waals surface area contributed by atoms with E-state index in [9.17, 15) is 4.79 Å². The molecule has 1 N–H and O–H groups in total. The second-order valence-electron chi connectivity index (χ2n) is 6.73. The number of carbonyl (C=O) groups is 1. The maximum absolute atomic E-state index is 13.4. The van der Waals surface area contributed by atoms with Gasteiger partial charge in [0.2, 0.25) is 0 Å². The number of hydrogen-bond donors (Lipinski definition) is 1. The maximum atomic E-state index is 13.4. The Hall–Kier alpha value is -3.17. The molecule has 1 heterocycles. The quantitative estimate of drug-likeness (QED) is 0.405. The first-order chi connectivity index (χ1) is 13.1. The number of ketones is 1. The molecule has 4 heteroatoms. The Bertz CT molecular complexity index is 1240. The van der Waals surface area contributed by atoms with Crippen molar-refractivity contribution in [3.8, 4) is 11.1 Å². The van der Waals surface area contributed by atoms with Crippen LogP contribution in [0, 0.1) is 6.92 Å². The number of hydrogen-bond acceptors (Lipinski definition) is 3. The average molecular weight is 371 g/mol. The second kappa shape index (κ2) is 5.93. The number of anilines is 2. The van der Waals surface area contributed by atoms with Crippen molar-refractivity contribution < 1.29 is 4.79 Å². The summed E-state index contributed by atoms with van der Waals surface area (Å²) in [4.78, 5) is 17.7. The lowest BCUT2D eigenvalue weighted by Gasteiger charge is -2.22. The van der Waals surface area contributed by atoms with Crippen molar-refractivity contribution in [3.63, 3.8) is 0 Å². The molecule has 1 aromatic heterocycles. The average Bonchev–Trinajstić information content (AvgIpc) is 2.68. The molecule has 3 aromatic carbocycles. The molecule has 0 unspecified atom stereocenters. The summed E-state index contributed by atoms with van der Waals surface area (Å²) in [5.74, 6) is 0.0315. The third-order valence-electron chi connectivity index (χ3n) is 5.07. The van der Waals surface area contributed by atoms with Gasteiger partial charge in [0, 0.05) is 45.0 Å². The Morgan fingerprint density at radius 2 is 1.70 bits per heavy atom. The van der Waals surface area contributed by atoms with Crippen LogP contribution in [-0.4, -0.2) is 10.8 Å². The number of nitrogens with zero attached hydrogens (tertiary/aromatic N) is 1. The van der Waals surface area contributed by atoms with Crippen LogP contribution in [0.15, 0.2) is 67.0 Å². The molecule has 0 aliphatic heterocycles. The topological polar surface area (TPSA) is 42.0 Å². The highest BCUT2D eigenvalue weighted by atomic mass is 35.5. The van der Waals surface area contributed by atoms with Crippen LogP contribution in [-0.2, 0) is 0 Å². The lowest BCUT2D eigenvalue weighted by Crippen LogP contribution is -2.13. The fourth-order valence-electron chi connectivity index (χ4n) is 3.80. The Morgan fingerprint density at radius 1 is 0.889 bits per heavy atom. The Kier molecular flexibility index (Phi) is 3.52. The van der Waals surface area contributed by atoms with Gasteiger partial charge in [0.1, 0.15) is 0 Å². The number of fused-ring (bicyclic) bond motifs is 2. The van der Waals surface area contributed by atoms with Crippen molar-refractivity contribution in [2.75, 3.05) is 5.32 Å². The molecule has 0 fully saturated rings. The van der Waals surface area contributed by atoms with Gasteiger partial charge in [0.15, 0.2) is 5.78 Å². The number of carbonyl (C=O) groups excluding carboxylic acids is 1. The van der Waals surface area contributed by atoms with E-state index in [0.29, 0.717) is 10.6 Å². The normalized spacial score (nSPS) is 12.1. The molecule has 0 radical (unpaired) electrons. The van der Waals surface area contributed by atoms with Gasteiger partial charge in [-0.05, 0) is 42.3 Å². The van der Waals surface area contributed by atoms with Crippen LogP contribution in [0.25, 0.3) is 21.9 Å².